The van der Waals surface area contributed by atoms with Crippen LogP contribution in [0.1, 0.15) is 41.8 Å². The molecule has 192 valence electrons. The summed E-state index contributed by atoms with van der Waals surface area (Å²) in [6, 6.07) is 6.55. The van der Waals surface area contributed by atoms with Crippen LogP contribution in [0, 0.1) is 24.7 Å². The zero-order valence-corrected chi connectivity index (χ0v) is 22.4. The second kappa shape index (κ2) is 12.2. The van der Waals surface area contributed by atoms with Gasteiger partial charge in [0.1, 0.15) is 22.7 Å². The van der Waals surface area contributed by atoms with Crippen LogP contribution in [0.25, 0.3) is 0 Å². The number of thiophene rings is 1. The molecule has 1 aromatic heterocycles. The highest BCUT2D eigenvalue weighted by atomic mass is 35.5. The van der Waals surface area contributed by atoms with Gasteiger partial charge in [0.05, 0.1) is 25.3 Å². The lowest BCUT2D eigenvalue weighted by Gasteiger charge is -2.24. The molecule has 0 spiro atoms. The Kier molecular flexibility index (Phi) is 9.36. The number of nitrogens with zero attached hydrogens (tertiary/aromatic N) is 2. The third-order valence-corrected chi connectivity index (χ3v) is 7.11. The number of rotatable bonds is 9. The van der Waals surface area contributed by atoms with Crippen molar-refractivity contribution in [3.05, 3.63) is 50.9 Å². The molecule has 0 aliphatic carbocycles. The van der Waals surface area contributed by atoms with Crippen molar-refractivity contribution >= 4 is 57.1 Å². The van der Waals surface area contributed by atoms with E-state index in [0.717, 1.165) is 26.6 Å². The summed E-state index contributed by atoms with van der Waals surface area (Å²) in [5.74, 6) is -0.121. The number of nitrogens with one attached hydrogen (secondary N) is 4. The van der Waals surface area contributed by atoms with Crippen molar-refractivity contribution in [1.29, 1.82) is 10.8 Å². The summed E-state index contributed by atoms with van der Waals surface area (Å²) in [5.41, 5.74) is 3.41. The summed E-state index contributed by atoms with van der Waals surface area (Å²) >= 11 is 7.63. The average molecular weight is 531 g/mol. The van der Waals surface area contributed by atoms with Gasteiger partial charge >= 0.3 is 0 Å². The normalized spacial score (nSPS) is 15.1. The Balaban J connectivity index is 1.83. The van der Waals surface area contributed by atoms with E-state index >= 15 is 0 Å². The molecule has 1 unspecified atom stereocenters. The fraction of sp³-hybridized carbons (Fsp3) is 0.400. The minimum atomic E-state index is -0.782. The Morgan fingerprint density at radius 3 is 2.39 bits per heavy atom. The maximum absolute atomic E-state index is 12.8. The Morgan fingerprint density at radius 2 is 1.78 bits per heavy atom. The van der Waals surface area contributed by atoms with E-state index in [9.17, 15) is 9.59 Å². The van der Waals surface area contributed by atoms with Gasteiger partial charge in [-0.3, -0.25) is 30.3 Å². The highest BCUT2D eigenvalue weighted by molar-refractivity contribution is 7.17. The van der Waals surface area contributed by atoms with E-state index in [1.807, 2.05) is 26.0 Å². The smallest absolute Gasteiger partial charge is 0.222 e. The van der Waals surface area contributed by atoms with E-state index in [1.165, 1.54) is 18.3 Å². The maximum atomic E-state index is 12.8. The first-order valence-electron chi connectivity index (χ1n) is 11.6. The van der Waals surface area contributed by atoms with Crippen LogP contribution in [0.2, 0.25) is 5.02 Å². The van der Waals surface area contributed by atoms with Gasteiger partial charge in [0.25, 0.3) is 0 Å². The second-order valence-electron chi connectivity index (χ2n) is 8.42. The number of aryl methyl sites for hydroxylation is 1. The van der Waals surface area contributed by atoms with E-state index in [0.29, 0.717) is 37.0 Å². The van der Waals surface area contributed by atoms with Crippen LogP contribution < -0.4 is 15.5 Å². The minimum Gasteiger partial charge on any atom is -0.378 e. The molecule has 3 rings (SSSR count). The zero-order chi connectivity index (χ0) is 26.4. The number of benzene rings is 1. The summed E-state index contributed by atoms with van der Waals surface area (Å²) in [6.07, 6.45) is -0.0431. The predicted molar refractivity (Wildman–Crippen MR) is 145 cm³/mol. The molecular weight excluding hydrogens is 500 g/mol. The van der Waals surface area contributed by atoms with Crippen LogP contribution in [-0.4, -0.2) is 61.5 Å². The van der Waals surface area contributed by atoms with Gasteiger partial charge in [0.15, 0.2) is 0 Å². The fourth-order valence-corrected chi connectivity index (χ4v) is 5.15. The number of carbonyl (C=O) groups is 2. The number of hydrogen-bond donors (Lipinski definition) is 4. The van der Waals surface area contributed by atoms with Crippen molar-refractivity contribution in [2.75, 3.05) is 31.2 Å². The number of amides is 2. The molecule has 2 amide bonds. The molecule has 1 atom stereocenters. The molecule has 0 radical (unpaired) electrons. The summed E-state index contributed by atoms with van der Waals surface area (Å²) in [6.45, 7) is 8.45. The molecule has 0 fully saturated rings. The number of amidine groups is 2. The van der Waals surface area contributed by atoms with Crippen LogP contribution >= 0.6 is 22.9 Å². The highest BCUT2D eigenvalue weighted by Crippen LogP contribution is 2.40. The lowest BCUT2D eigenvalue weighted by molar-refractivity contribution is -0.121. The van der Waals surface area contributed by atoms with Crippen molar-refractivity contribution in [2.45, 2.75) is 40.2 Å². The number of anilines is 1. The van der Waals surface area contributed by atoms with E-state index in [1.54, 1.807) is 24.0 Å². The zero-order valence-electron chi connectivity index (χ0n) is 20.8. The maximum Gasteiger partial charge on any atom is 0.222 e. The first-order valence-corrected chi connectivity index (χ1v) is 12.8. The molecular formula is C25H31ClN6O3S. The molecule has 1 aromatic carbocycles. The Labute approximate surface area is 219 Å². The summed E-state index contributed by atoms with van der Waals surface area (Å²) < 4.78 is 5.41. The van der Waals surface area contributed by atoms with E-state index in [2.05, 4.69) is 10.6 Å². The molecule has 4 N–H and O–H groups in total. The highest BCUT2D eigenvalue weighted by Gasteiger charge is 2.34. The van der Waals surface area contributed by atoms with Gasteiger partial charge in [-0.2, -0.15) is 0 Å². The third kappa shape index (κ3) is 6.57. The van der Waals surface area contributed by atoms with Crippen molar-refractivity contribution in [3.63, 3.8) is 0 Å². The van der Waals surface area contributed by atoms with Gasteiger partial charge in [-0.15, -0.1) is 11.3 Å². The molecule has 2 heterocycles. The standard InChI is InChI=1S/C25H31ClN6O3S/c1-14-15(2)36-25-22(14)23(18-5-7-19(26)8-6-18)31-20(24(28)32(25)16(3)27)13-21(34)30-10-12-35-11-9-29-17(4)33/h5-8,20,27-28H,9-13H2,1-4H3,(H,29,33)(H,30,34). The van der Waals surface area contributed by atoms with Gasteiger partial charge in [-0.25, -0.2) is 0 Å². The van der Waals surface area contributed by atoms with Crippen molar-refractivity contribution in [1.82, 2.24) is 10.6 Å². The monoisotopic (exact) mass is 530 g/mol. The summed E-state index contributed by atoms with van der Waals surface area (Å²) in [7, 11) is 0. The van der Waals surface area contributed by atoms with Crippen LogP contribution in [0.15, 0.2) is 29.3 Å². The van der Waals surface area contributed by atoms with Gasteiger partial charge in [0, 0.05) is 41.0 Å². The predicted octanol–water partition coefficient (Wildman–Crippen LogP) is 3.68. The van der Waals surface area contributed by atoms with Gasteiger partial charge in [-0.1, -0.05) is 23.7 Å². The number of ether oxygens (including phenoxy) is 1. The Morgan fingerprint density at radius 1 is 1.14 bits per heavy atom. The van der Waals surface area contributed by atoms with Crippen LogP contribution in [0.4, 0.5) is 5.00 Å². The quantitative estimate of drug-likeness (QED) is 0.224. The summed E-state index contributed by atoms with van der Waals surface area (Å²) in [5, 5.41) is 24.1. The van der Waals surface area contributed by atoms with Gasteiger partial charge < -0.3 is 15.4 Å². The average Bonchev–Trinajstić information content (AvgIpc) is 3.03. The lowest BCUT2D eigenvalue weighted by atomic mass is 9.99. The first-order chi connectivity index (χ1) is 17.1. The molecule has 0 saturated carbocycles. The van der Waals surface area contributed by atoms with Gasteiger partial charge in [0.2, 0.25) is 11.8 Å². The SMILES string of the molecule is CC(=N)N1C(=N)C(CC(=O)NCCOCCNC(C)=O)N=C(c2ccc(Cl)cc2)c2c1sc(C)c2C. The molecule has 1 aliphatic heterocycles. The molecule has 36 heavy (non-hydrogen) atoms. The van der Waals surface area contributed by atoms with Crippen molar-refractivity contribution in [2.24, 2.45) is 4.99 Å². The largest absolute Gasteiger partial charge is 0.378 e. The number of hydrogen-bond acceptors (Lipinski definition) is 7. The topological polar surface area (TPSA) is 131 Å². The van der Waals surface area contributed by atoms with E-state index in [4.69, 9.17) is 32.1 Å². The Bertz CT molecular complexity index is 1190. The molecule has 2 aromatic rings. The van der Waals surface area contributed by atoms with Gasteiger partial charge in [-0.05, 0) is 38.5 Å². The Hall–Kier alpha value is -3.08. The van der Waals surface area contributed by atoms with Crippen molar-refractivity contribution < 1.29 is 14.3 Å². The molecule has 11 heteroatoms. The molecule has 0 saturated heterocycles. The van der Waals surface area contributed by atoms with Crippen molar-refractivity contribution in [3.8, 4) is 0 Å². The van der Waals surface area contributed by atoms with Crippen LogP contribution in [0.5, 0.6) is 0 Å². The van der Waals surface area contributed by atoms with Crippen LogP contribution in [0.3, 0.4) is 0 Å². The number of carbonyl (C=O) groups excluding carboxylic acids is 2. The second-order valence-corrected chi connectivity index (χ2v) is 10.1. The number of aliphatic imine (C=N–C) groups is 1. The fourth-order valence-electron chi connectivity index (χ4n) is 3.80. The summed E-state index contributed by atoms with van der Waals surface area (Å²) in [4.78, 5) is 31.2. The first kappa shape index (κ1) is 27.5. The number of fused-ring (bicyclic) bond motifs is 1. The third-order valence-electron chi connectivity index (χ3n) is 5.67. The number of halogens is 1. The molecule has 1 aliphatic rings. The minimum absolute atomic E-state index is 0.0431. The lowest BCUT2D eigenvalue weighted by Crippen LogP contribution is -2.42. The van der Waals surface area contributed by atoms with E-state index in [-0.39, 0.29) is 29.9 Å². The van der Waals surface area contributed by atoms with Crippen LogP contribution in [-0.2, 0) is 14.3 Å². The molecule has 9 nitrogen and oxygen atoms in total. The molecule has 0 bridgehead atoms. The van der Waals surface area contributed by atoms with E-state index < -0.39 is 6.04 Å².